The Morgan fingerprint density at radius 1 is 0.895 bits per heavy atom. The van der Waals surface area contributed by atoms with Gasteiger partial charge in [0.15, 0.2) is 0 Å². The van der Waals surface area contributed by atoms with Crippen molar-refractivity contribution in [1.82, 2.24) is 24.4 Å². The Hall–Kier alpha value is -3.84. The van der Waals surface area contributed by atoms with Crippen LogP contribution in [-0.4, -0.2) is 64.8 Å². The largest absolute Gasteiger partial charge is 0.497 e. The lowest BCUT2D eigenvalue weighted by atomic mass is 10.0. The molecule has 38 heavy (non-hydrogen) atoms. The summed E-state index contributed by atoms with van der Waals surface area (Å²) in [4.78, 5) is 18.3. The second-order valence-corrected chi connectivity index (χ2v) is 10.5. The number of nitrogens with one attached hydrogen (secondary N) is 1. The van der Waals surface area contributed by atoms with Gasteiger partial charge in [-0.15, -0.1) is 0 Å². The van der Waals surface area contributed by atoms with Crippen LogP contribution in [0.15, 0.2) is 60.9 Å². The highest BCUT2D eigenvalue weighted by molar-refractivity contribution is 5.85. The van der Waals surface area contributed by atoms with E-state index in [1.54, 1.807) is 7.11 Å². The van der Waals surface area contributed by atoms with E-state index in [1.807, 2.05) is 6.07 Å². The van der Waals surface area contributed by atoms with Crippen LogP contribution in [0.1, 0.15) is 29.1 Å². The minimum Gasteiger partial charge on any atom is -0.497 e. The molecule has 4 heterocycles. The van der Waals surface area contributed by atoms with E-state index in [1.165, 1.54) is 27.4 Å². The van der Waals surface area contributed by atoms with Crippen LogP contribution in [-0.2, 0) is 26.3 Å². The second-order valence-electron chi connectivity index (χ2n) is 10.5. The summed E-state index contributed by atoms with van der Waals surface area (Å²) in [5.41, 5.74) is 6.12. The number of H-pyrrole nitrogens is 1. The molecule has 1 saturated heterocycles. The summed E-state index contributed by atoms with van der Waals surface area (Å²) >= 11 is 0. The van der Waals surface area contributed by atoms with Crippen molar-refractivity contribution < 1.29 is 4.74 Å². The van der Waals surface area contributed by atoms with Gasteiger partial charge in [0.2, 0.25) is 0 Å². The Bertz CT molecular complexity index is 1560. The Balaban J connectivity index is 1.25. The van der Waals surface area contributed by atoms with E-state index in [2.05, 4.69) is 88.3 Å². The molecule has 1 fully saturated rings. The molecule has 0 saturated carbocycles. The number of aryl methyl sites for hydroxylation is 3. The predicted octanol–water partition coefficient (Wildman–Crippen LogP) is 4.98. The number of fused-ring (bicyclic) bond motifs is 2. The monoisotopic (exact) mass is 508 g/mol. The number of rotatable bonds is 8. The quantitative estimate of drug-likeness (QED) is 0.320. The highest BCUT2D eigenvalue weighted by Gasteiger charge is 2.18. The first-order valence-corrected chi connectivity index (χ1v) is 13.5. The van der Waals surface area contributed by atoms with Gasteiger partial charge >= 0.3 is 0 Å². The van der Waals surface area contributed by atoms with E-state index in [9.17, 15) is 0 Å². The average Bonchev–Trinajstić information content (AvgIpc) is 3.52. The lowest BCUT2D eigenvalue weighted by Crippen LogP contribution is -2.45. The Kier molecular flexibility index (Phi) is 6.77. The first kappa shape index (κ1) is 24.5. The molecule has 2 aromatic carbocycles. The zero-order valence-electron chi connectivity index (χ0n) is 22.6. The van der Waals surface area contributed by atoms with Gasteiger partial charge in [-0.2, -0.15) is 0 Å². The summed E-state index contributed by atoms with van der Waals surface area (Å²) in [5.74, 6) is 2.89. The molecule has 0 radical (unpaired) electrons. The molecule has 0 spiro atoms. The third-order valence-corrected chi connectivity index (χ3v) is 7.85. The van der Waals surface area contributed by atoms with Crippen molar-refractivity contribution in [2.45, 2.75) is 25.7 Å². The topological polar surface area (TPSA) is 62.2 Å². The van der Waals surface area contributed by atoms with Crippen molar-refractivity contribution >= 4 is 27.6 Å². The molecule has 6 rings (SSSR count). The number of piperazine rings is 1. The minimum atomic E-state index is 0.805. The molecule has 196 valence electrons. The van der Waals surface area contributed by atoms with Gasteiger partial charge in [-0.3, -0.25) is 0 Å². The first-order valence-electron chi connectivity index (χ1n) is 13.5. The predicted molar refractivity (Wildman–Crippen MR) is 154 cm³/mol. The number of hydrogen-bond donors (Lipinski definition) is 1. The minimum absolute atomic E-state index is 0.805. The molecule has 1 N–H and O–H groups in total. The number of nitrogens with zero attached hydrogens (tertiary/aromatic N) is 5. The Morgan fingerprint density at radius 2 is 1.76 bits per heavy atom. The molecule has 3 aromatic heterocycles. The molecule has 0 amide bonds. The van der Waals surface area contributed by atoms with Crippen LogP contribution in [0.5, 0.6) is 5.75 Å². The number of hydrogen-bond acceptors (Lipinski definition) is 5. The van der Waals surface area contributed by atoms with E-state index in [0.717, 1.165) is 80.5 Å². The van der Waals surface area contributed by atoms with Gasteiger partial charge in [-0.05, 0) is 61.3 Å². The smallest absolute Gasteiger partial charge is 0.132 e. The molecule has 0 aliphatic carbocycles. The zero-order chi connectivity index (χ0) is 26.1. The molecule has 0 bridgehead atoms. The summed E-state index contributed by atoms with van der Waals surface area (Å²) in [5, 5.41) is 2.53. The molecular formula is C31H36N6O. The molecule has 1 aliphatic heterocycles. The number of anilines is 1. The van der Waals surface area contributed by atoms with Crippen molar-refractivity contribution in [2.75, 3.05) is 45.2 Å². The van der Waals surface area contributed by atoms with Crippen LogP contribution in [0, 0.1) is 0 Å². The van der Waals surface area contributed by atoms with E-state index < -0.39 is 0 Å². The molecule has 1 aliphatic rings. The summed E-state index contributed by atoms with van der Waals surface area (Å²) in [6.07, 6.45) is 7.87. The maximum atomic E-state index is 5.45. The van der Waals surface area contributed by atoms with Crippen molar-refractivity contribution in [1.29, 1.82) is 0 Å². The maximum absolute atomic E-state index is 5.45. The SMILES string of the molecule is COc1ccc2[nH]cc(CCCc3nc(Cc4cccc5c4ccn5C)cc(N4CCN(C)CC4)n3)c2c1. The van der Waals surface area contributed by atoms with Crippen LogP contribution in [0.4, 0.5) is 5.82 Å². The molecule has 7 nitrogen and oxygen atoms in total. The van der Waals surface area contributed by atoms with Gasteiger partial charge in [0.25, 0.3) is 0 Å². The summed E-state index contributed by atoms with van der Waals surface area (Å²) in [6, 6.07) is 17.2. The lowest BCUT2D eigenvalue weighted by Gasteiger charge is -2.33. The van der Waals surface area contributed by atoms with E-state index in [0.29, 0.717) is 0 Å². The van der Waals surface area contributed by atoms with Crippen LogP contribution in [0.3, 0.4) is 0 Å². The number of likely N-dealkylation sites (N-methyl/N-ethyl adjacent to an activating group) is 1. The third-order valence-electron chi connectivity index (χ3n) is 7.85. The lowest BCUT2D eigenvalue weighted by molar-refractivity contribution is 0.312. The van der Waals surface area contributed by atoms with Crippen LogP contribution < -0.4 is 9.64 Å². The zero-order valence-corrected chi connectivity index (χ0v) is 22.6. The highest BCUT2D eigenvalue weighted by Crippen LogP contribution is 2.26. The molecule has 7 heteroatoms. The van der Waals surface area contributed by atoms with Crippen LogP contribution in [0.25, 0.3) is 21.8 Å². The van der Waals surface area contributed by atoms with E-state index >= 15 is 0 Å². The number of ether oxygens (including phenoxy) is 1. The third kappa shape index (κ3) is 4.98. The molecule has 0 unspecified atom stereocenters. The van der Waals surface area contributed by atoms with Crippen LogP contribution in [0.2, 0.25) is 0 Å². The van der Waals surface area contributed by atoms with E-state index in [4.69, 9.17) is 14.7 Å². The standard InChI is InChI=1S/C31H36N6O/c1-35-14-16-37(17-15-35)31-19-24(18-22-6-4-8-29-26(22)12-13-36(29)2)33-30(34-31)9-5-7-23-21-32-28-11-10-25(38-3)20-27(23)28/h4,6,8,10-13,19-21,32H,5,7,9,14-18H2,1-3H3. The average molecular weight is 509 g/mol. The fraction of sp³-hybridized carbons (Fsp3) is 0.355. The molecule has 0 atom stereocenters. The maximum Gasteiger partial charge on any atom is 0.132 e. The Morgan fingerprint density at radius 3 is 2.61 bits per heavy atom. The number of methoxy groups -OCH3 is 1. The summed E-state index contributed by atoms with van der Waals surface area (Å²) in [6.45, 7) is 4.11. The van der Waals surface area contributed by atoms with Gasteiger partial charge in [0, 0.05) is 86.3 Å². The van der Waals surface area contributed by atoms with Gasteiger partial charge in [-0.1, -0.05) is 12.1 Å². The summed E-state index contributed by atoms with van der Waals surface area (Å²) < 4.78 is 7.63. The molecular weight excluding hydrogens is 472 g/mol. The number of aromatic amines is 1. The Labute approximate surface area is 224 Å². The first-order chi connectivity index (χ1) is 18.6. The highest BCUT2D eigenvalue weighted by atomic mass is 16.5. The van der Waals surface area contributed by atoms with Gasteiger partial charge in [0.05, 0.1) is 12.8 Å². The van der Waals surface area contributed by atoms with Crippen molar-refractivity contribution in [3.8, 4) is 5.75 Å². The fourth-order valence-corrected chi connectivity index (χ4v) is 5.58. The summed E-state index contributed by atoms with van der Waals surface area (Å²) in [7, 11) is 6.01. The van der Waals surface area contributed by atoms with Gasteiger partial charge < -0.3 is 24.1 Å². The van der Waals surface area contributed by atoms with Crippen molar-refractivity contribution in [3.63, 3.8) is 0 Å². The normalized spacial score (nSPS) is 14.6. The fourth-order valence-electron chi connectivity index (χ4n) is 5.58. The molecule has 5 aromatic rings. The van der Waals surface area contributed by atoms with Gasteiger partial charge in [0.1, 0.15) is 17.4 Å². The van der Waals surface area contributed by atoms with E-state index in [-0.39, 0.29) is 0 Å². The van der Waals surface area contributed by atoms with Gasteiger partial charge in [-0.25, -0.2) is 9.97 Å². The van der Waals surface area contributed by atoms with Crippen molar-refractivity contribution in [3.05, 3.63) is 83.6 Å². The number of aromatic nitrogens is 4. The van der Waals surface area contributed by atoms with Crippen molar-refractivity contribution in [2.24, 2.45) is 7.05 Å². The second kappa shape index (κ2) is 10.5. The number of benzene rings is 2. The van der Waals surface area contributed by atoms with Crippen LogP contribution >= 0.6 is 0 Å².